The molecule has 0 unspecified atom stereocenters. The molecule has 6 aromatic rings. The lowest BCUT2D eigenvalue weighted by atomic mass is 10.0. The van der Waals surface area contributed by atoms with Crippen molar-refractivity contribution in [3.05, 3.63) is 84.1 Å². The van der Waals surface area contributed by atoms with Crippen LogP contribution < -0.4 is 5.32 Å². The Balaban J connectivity index is 1.37. The van der Waals surface area contributed by atoms with E-state index in [1.165, 1.54) is 0 Å². The Morgan fingerprint density at radius 1 is 0.972 bits per heavy atom. The van der Waals surface area contributed by atoms with Gasteiger partial charge in [-0.25, -0.2) is 0 Å². The first-order chi connectivity index (χ1) is 17.7. The van der Waals surface area contributed by atoms with Crippen molar-refractivity contribution in [2.45, 2.75) is 26.2 Å². The number of thiophene rings is 1. The Morgan fingerprint density at radius 2 is 1.89 bits per heavy atom. The standard InChI is InChI=1S/C29H26N6S/c1-3-4-5-18(2)32-22-12-21(15-30-16-22)19-6-7-26-23(13-19)29(35-34-26)27-14-24-25(33-27)8-10-31-28(24)20-9-11-36-17-20/h6-17,32-33H,2-5H2,1H3,(H,34,35). The summed E-state index contributed by atoms with van der Waals surface area (Å²) < 4.78 is 0. The highest BCUT2D eigenvalue weighted by Crippen LogP contribution is 2.35. The zero-order valence-corrected chi connectivity index (χ0v) is 20.8. The van der Waals surface area contributed by atoms with Gasteiger partial charge in [-0.3, -0.25) is 15.1 Å². The predicted octanol–water partition coefficient (Wildman–Crippen LogP) is 8.01. The summed E-state index contributed by atoms with van der Waals surface area (Å²) in [7, 11) is 0. The molecule has 0 bridgehead atoms. The SMILES string of the molecule is C=C(CCCC)Nc1cncc(-c2ccc3[nH]nc(-c4cc5c(-c6ccsc6)nccc5[nH]4)c3c2)c1. The Kier molecular flexibility index (Phi) is 5.83. The number of aromatic amines is 2. The molecule has 0 saturated carbocycles. The summed E-state index contributed by atoms with van der Waals surface area (Å²) in [6, 6.07) is 14.7. The van der Waals surface area contributed by atoms with Gasteiger partial charge in [0.05, 0.1) is 28.8 Å². The monoisotopic (exact) mass is 490 g/mol. The molecule has 36 heavy (non-hydrogen) atoms. The summed E-state index contributed by atoms with van der Waals surface area (Å²) in [5, 5.41) is 17.6. The first-order valence-corrected chi connectivity index (χ1v) is 13.0. The maximum Gasteiger partial charge on any atom is 0.116 e. The maximum atomic E-state index is 4.66. The van der Waals surface area contributed by atoms with E-state index in [0.717, 1.165) is 86.2 Å². The van der Waals surface area contributed by atoms with E-state index in [-0.39, 0.29) is 0 Å². The number of nitrogens with one attached hydrogen (secondary N) is 3. The van der Waals surface area contributed by atoms with Crippen molar-refractivity contribution in [1.82, 2.24) is 25.1 Å². The van der Waals surface area contributed by atoms with Crippen LogP contribution in [0.25, 0.3) is 55.6 Å². The molecule has 7 heteroatoms. The number of nitrogens with zero attached hydrogens (tertiary/aromatic N) is 3. The maximum absolute atomic E-state index is 4.66. The number of benzene rings is 1. The first kappa shape index (κ1) is 22.2. The smallest absolute Gasteiger partial charge is 0.116 e. The molecule has 0 amide bonds. The fourth-order valence-corrected chi connectivity index (χ4v) is 5.17. The van der Waals surface area contributed by atoms with E-state index >= 15 is 0 Å². The van der Waals surface area contributed by atoms with E-state index in [1.54, 1.807) is 11.3 Å². The van der Waals surface area contributed by atoms with E-state index < -0.39 is 0 Å². The molecule has 5 heterocycles. The van der Waals surface area contributed by atoms with Crippen LogP contribution in [0.2, 0.25) is 0 Å². The molecule has 0 spiro atoms. The van der Waals surface area contributed by atoms with Gasteiger partial charge in [0.15, 0.2) is 0 Å². The number of allylic oxidation sites excluding steroid dienone is 1. The van der Waals surface area contributed by atoms with Crippen LogP contribution in [0.15, 0.2) is 84.1 Å². The summed E-state index contributed by atoms with van der Waals surface area (Å²) in [5.41, 5.74) is 10.1. The highest BCUT2D eigenvalue weighted by molar-refractivity contribution is 7.08. The molecule has 0 fully saturated rings. The average Bonchev–Trinajstić information content (AvgIpc) is 3.66. The van der Waals surface area contributed by atoms with Gasteiger partial charge in [0, 0.05) is 50.9 Å². The summed E-state index contributed by atoms with van der Waals surface area (Å²) >= 11 is 1.67. The lowest BCUT2D eigenvalue weighted by Gasteiger charge is -2.10. The Morgan fingerprint density at radius 3 is 2.75 bits per heavy atom. The number of pyridine rings is 2. The van der Waals surface area contributed by atoms with Crippen molar-refractivity contribution in [1.29, 1.82) is 0 Å². The minimum Gasteiger partial charge on any atom is -0.358 e. The molecule has 6 nitrogen and oxygen atoms in total. The van der Waals surface area contributed by atoms with Gasteiger partial charge < -0.3 is 10.3 Å². The van der Waals surface area contributed by atoms with Crippen molar-refractivity contribution in [3.63, 3.8) is 0 Å². The largest absolute Gasteiger partial charge is 0.358 e. The lowest BCUT2D eigenvalue weighted by molar-refractivity contribution is 0.791. The molecular weight excluding hydrogens is 464 g/mol. The molecule has 0 atom stereocenters. The van der Waals surface area contributed by atoms with E-state index in [9.17, 15) is 0 Å². The molecule has 0 aliphatic rings. The third kappa shape index (κ3) is 4.18. The molecule has 0 aliphatic heterocycles. The van der Waals surface area contributed by atoms with Crippen LogP contribution in [0.4, 0.5) is 5.69 Å². The summed E-state index contributed by atoms with van der Waals surface area (Å²) in [4.78, 5) is 12.7. The van der Waals surface area contributed by atoms with Gasteiger partial charge >= 0.3 is 0 Å². The number of H-pyrrole nitrogens is 2. The quantitative estimate of drug-likeness (QED) is 0.202. The van der Waals surface area contributed by atoms with Gasteiger partial charge in [-0.2, -0.15) is 16.4 Å². The highest BCUT2D eigenvalue weighted by Gasteiger charge is 2.15. The second-order valence-electron chi connectivity index (χ2n) is 8.94. The topological polar surface area (TPSA) is 82.3 Å². The number of fused-ring (bicyclic) bond motifs is 2. The van der Waals surface area contributed by atoms with E-state index in [0.29, 0.717) is 0 Å². The Labute approximate surface area is 213 Å². The van der Waals surface area contributed by atoms with E-state index in [1.807, 2.05) is 24.7 Å². The molecular formula is C29H26N6S. The number of hydrogen-bond acceptors (Lipinski definition) is 5. The van der Waals surface area contributed by atoms with Gasteiger partial charge in [-0.05, 0) is 60.2 Å². The molecule has 0 aliphatic carbocycles. The van der Waals surface area contributed by atoms with Crippen LogP contribution in [0.1, 0.15) is 26.2 Å². The predicted molar refractivity (Wildman–Crippen MR) is 150 cm³/mol. The van der Waals surface area contributed by atoms with Crippen LogP contribution in [0.3, 0.4) is 0 Å². The second-order valence-corrected chi connectivity index (χ2v) is 9.72. The van der Waals surface area contributed by atoms with Crippen molar-refractivity contribution < 1.29 is 0 Å². The van der Waals surface area contributed by atoms with Crippen LogP contribution in [0.5, 0.6) is 0 Å². The third-order valence-electron chi connectivity index (χ3n) is 6.39. The average molecular weight is 491 g/mol. The van der Waals surface area contributed by atoms with Crippen molar-refractivity contribution in [2.24, 2.45) is 0 Å². The molecule has 0 saturated heterocycles. The number of rotatable bonds is 8. The van der Waals surface area contributed by atoms with Crippen LogP contribution in [-0.4, -0.2) is 25.1 Å². The third-order valence-corrected chi connectivity index (χ3v) is 7.07. The molecule has 3 N–H and O–H groups in total. The second kappa shape index (κ2) is 9.43. The first-order valence-electron chi connectivity index (χ1n) is 12.1. The molecule has 0 radical (unpaired) electrons. The highest BCUT2D eigenvalue weighted by atomic mass is 32.1. The van der Waals surface area contributed by atoms with Crippen molar-refractivity contribution in [3.8, 4) is 33.8 Å². The van der Waals surface area contributed by atoms with Crippen LogP contribution in [0, 0.1) is 0 Å². The molecule has 5 aromatic heterocycles. The fraction of sp³-hybridized carbons (Fsp3) is 0.138. The number of anilines is 1. The van der Waals surface area contributed by atoms with Gasteiger partial charge in [0.1, 0.15) is 5.69 Å². The van der Waals surface area contributed by atoms with Gasteiger partial charge in [-0.1, -0.05) is 26.0 Å². The fourth-order valence-electron chi connectivity index (χ4n) is 4.53. The zero-order chi connectivity index (χ0) is 24.5. The lowest BCUT2D eigenvalue weighted by Crippen LogP contribution is -1.98. The zero-order valence-electron chi connectivity index (χ0n) is 20.0. The normalized spacial score (nSPS) is 11.4. The van der Waals surface area contributed by atoms with E-state index in [4.69, 9.17) is 0 Å². The van der Waals surface area contributed by atoms with Crippen LogP contribution >= 0.6 is 11.3 Å². The molecule has 1 aromatic carbocycles. The van der Waals surface area contributed by atoms with Gasteiger partial charge in [0.25, 0.3) is 0 Å². The van der Waals surface area contributed by atoms with Crippen molar-refractivity contribution in [2.75, 3.05) is 5.32 Å². The molecule has 6 rings (SSSR count). The van der Waals surface area contributed by atoms with Gasteiger partial charge in [0.2, 0.25) is 0 Å². The Bertz CT molecular complexity index is 1680. The summed E-state index contributed by atoms with van der Waals surface area (Å²) in [6.45, 7) is 6.34. The summed E-state index contributed by atoms with van der Waals surface area (Å²) in [5.74, 6) is 0. The molecule has 178 valence electrons. The van der Waals surface area contributed by atoms with E-state index in [2.05, 4.69) is 91.1 Å². The number of aromatic nitrogens is 5. The number of unbranched alkanes of at least 4 members (excludes halogenated alkanes) is 1. The Hall–Kier alpha value is -4.23. The summed E-state index contributed by atoms with van der Waals surface area (Å²) in [6.07, 6.45) is 8.81. The van der Waals surface area contributed by atoms with Gasteiger partial charge in [-0.15, -0.1) is 0 Å². The minimum absolute atomic E-state index is 0.884. The number of hydrogen-bond donors (Lipinski definition) is 3. The minimum atomic E-state index is 0.884. The van der Waals surface area contributed by atoms with Crippen molar-refractivity contribution >= 4 is 38.8 Å². The van der Waals surface area contributed by atoms with Crippen LogP contribution in [-0.2, 0) is 0 Å².